The zero-order valence-electron chi connectivity index (χ0n) is 45.9. The monoisotopic (exact) mass is 958 g/mol. The van der Waals surface area contributed by atoms with Gasteiger partial charge in [0.25, 0.3) is 0 Å². The number of carbonyl (C=O) groups is 2. The van der Waals surface area contributed by atoms with E-state index < -0.39 is 12.1 Å². The molecule has 0 bridgehead atoms. The number of amides is 1. The van der Waals surface area contributed by atoms with Gasteiger partial charge in [-0.2, -0.15) is 0 Å². The summed E-state index contributed by atoms with van der Waals surface area (Å²) in [5, 5.41) is 23.2. The number of esters is 1. The molecule has 0 spiro atoms. The van der Waals surface area contributed by atoms with Crippen LogP contribution in [0.25, 0.3) is 0 Å². The fourth-order valence-corrected chi connectivity index (χ4v) is 9.51. The van der Waals surface area contributed by atoms with E-state index in [0.29, 0.717) is 25.9 Å². The molecule has 0 radical (unpaired) electrons. The van der Waals surface area contributed by atoms with Gasteiger partial charge in [0.05, 0.1) is 25.4 Å². The highest BCUT2D eigenvalue weighted by molar-refractivity contribution is 5.76. The Hall–Kier alpha value is -1.66. The Morgan fingerprint density at radius 3 is 1.04 bits per heavy atom. The summed E-state index contributed by atoms with van der Waals surface area (Å²) in [4.78, 5) is 24.5. The van der Waals surface area contributed by atoms with Crippen LogP contribution in [0.2, 0.25) is 0 Å². The van der Waals surface area contributed by atoms with Crippen LogP contribution in [0, 0.1) is 0 Å². The van der Waals surface area contributed by atoms with Gasteiger partial charge >= 0.3 is 5.97 Å². The summed E-state index contributed by atoms with van der Waals surface area (Å²) in [7, 11) is 0. The fraction of sp³-hybridized carbons (Fsp3) is 0.903. The number of hydrogen-bond acceptors (Lipinski definition) is 5. The molecule has 0 aliphatic heterocycles. The minimum atomic E-state index is -0.666. The minimum absolute atomic E-state index is 0.00480. The van der Waals surface area contributed by atoms with Gasteiger partial charge in [0.2, 0.25) is 5.91 Å². The molecule has 0 aromatic rings. The third-order valence-electron chi connectivity index (χ3n) is 14.2. The lowest BCUT2D eigenvalue weighted by Crippen LogP contribution is -2.45. The lowest BCUT2D eigenvalue weighted by molar-refractivity contribution is -0.143. The summed E-state index contributed by atoms with van der Waals surface area (Å²) >= 11 is 0. The largest absolute Gasteiger partial charge is 0.466 e. The fourth-order valence-electron chi connectivity index (χ4n) is 9.51. The lowest BCUT2D eigenvalue weighted by Gasteiger charge is -2.22. The smallest absolute Gasteiger partial charge is 0.305 e. The van der Waals surface area contributed by atoms with Crippen molar-refractivity contribution in [2.24, 2.45) is 0 Å². The van der Waals surface area contributed by atoms with E-state index >= 15 is 0 Å². The molecule has 0 aliphatic carbocycles. The Balaban J connectivity index is 3.39. The van der Waals surface area contributed by atoms with Gasteiger partial charge in [-0.15, -0.1) is 0 Å². The summed E-state index contributed by atoms with van der Waals surface area (Å²) in [6.07, 6.45) is 70.4. The normalized spacial score (nSPS) is 12.7. The zero-order valence-corrected chi connectivity index (χ0v) is 45.9. The molecule has 6 nitrogen and oxygen atoms in total. The number of unbranched alkanes of at least 4 members (excludes halogenated alkanes) is 42. The average Bonchev–Trinajstić information content (AvgIpc) is 3.34. The van der Waals surface area contributed by atoms with Gasteiger partial charge in [0.15, 0.2) is 0 Å². The van der Waals surface area contributed by atoms with Crippen LogP contribution in [0.4, 0.5) is 0 Å². The van der Waals surface area contributed by atoms with Crippen LogP contribution >= 0.6 is 0 Å². The molecule has 0 aromatic carbocycles. The first-order valence-electron chi connectivity index (χ1n) is 30.6. The molecule has 0 rings (SSSR count). The van der Waals surface area contributed by atoms with E-state index in [9.17, 15) is 19.8 Å². The predicted molar refractivity (Wildman–Crippen MR) is 296 cm³/mol. The summed E-state index contributed by atoms with van der Waals surface area (Å²) in [6, 6.07) is -0.543. The second-order valence-corrected chi connectivity index (χ2v) is 21.0. The number of ether oxygens (including phenoxy) is 1. The van der Waals surface area contributed by atoms with Crippen LogP contribution in [-0.2, 0) is 14.3 Å². The predicted octanol–water partition coefficient (Wildman–Crippen LogP) is 19.0. The van der Waals surface area contributed by atoms with Gasteiger partial charge in [-0.1, -0.05) is 269 Å². The van der Waals surface area contributed by atoms with Crippen molar-refractivity contribution in [1.29, 1.82) is 0 Å². The summed E-state index contributed by atoms with van der Waals surface area (Å²) in [5.74, 6) is -0.0344. The van der Waals surface area contributed by atoms with E-state index in [1.165, 1.54) is 257 Å². The first-order valence-corrected chi connectivity index (χ1v) is 30.6. The molecule has 6 heteroatoms. The van der Waals surface area contributed by atoms with Crippen LogP contribution in [0.5, 0.6) is 0 Å². The van der Waals surface area contributed by atoms with Crippen LogP contribution < -0.4 is 5.32 Å². The van der Waals surface area contributed by atoms with Crippen LogP contribution in [-0.4, -0.2) is 47.4 Å². The molecule has 0 aliphatic rings. The molecule has 2 unspecified atom stereocenters. The van der Waals surface area contributed by atoms with Crippen molar-refractivity contribution in [3.05, 3.63) is 24.3 Å². The van der Waals surface area contributed by atoms with Crippen LogP contribution in [0.1, 0.15) is 335 Å². The van der Waals surface area contributed by atoms with E-state index in [-0.39, 0.29) is 18.5 Å². The molecule has 0 fully saturated rings. The van der Waals surface area contributed by atoms with Gasteiger partial charge in [-0.05, 0) is 77.0 Å². The number of hydrogen-bond donors (Lipinski definition) is 3. The molecule has 68 heavy (non-hydrogen) atoms. The number of allylic oxidation sites excluding steroid dienone is 4. The quantitative estimate of drug-likeness (QED) is 0.0321. The standard InChI is InChI=1S/C62H119NO5/c1-3-5-7-9-11-13-15-17-28-32-36-40-44-48-52-56-62(67)68-57-53-49-45-41-37-33-30-27-25-23-21-19-18-20-22-24-26-29-31-35-39-43-47-51-55-61(66)63-59(58-64)60(65)54-50-46-42-38-34-16-14-12-10-8-6-4-2/h17,20,22,28,59-60,64-65H,3-16,18-19,21,23-27,29-58H2,1-2H3,(H,63,66)/b22-20-,28-17-. The minimum Gasteiger partial charge on any atom is -0.466 e. The second-order valence-electron chi connectivity index (χ2n) is 21.0. The highest BCUT2D eigenvalue weighted by Gasteiger charge is 2.20. The van der Waals surface area contributed by atoms with Crippen molar-refractivity contribution >= 4 is 11.9 Å². The van der Waals surface area contributed by atoms with Crippen molar-refractivity contribution in [2.45, 2.75) is 347 Å². The van der Waals surface area contributed by atoms with E-state index in [0.717, 1.165) is 44.9 Å². The SMILES string of the molecule is CCCCCCCC/C=C\CCCCCCCC(=O)OCCCCCCCCCCCCCC/C=C\CCCCCCCCCCC(=O)NC(CO)C(O)CCCCCCCCCCCCCC. The molecule has 402 valence electrons. The molecule has 2 atom stereocenters. The lowest BCUT2D eigenvalue weighted by atomic mass is 10.0. The van der Waals surface area contributed by atoms with Gasteiger partial charge in [-0.25, -0.2) is 0 Å². The Labute approximate surface area is 424 Å². The summed E-state index contributed by atoms with van der Waals surface area (Å²) in [5.41, 5.74) is 0. The molecular weight excluding hydrogens is 839 g/mol. The number of rotatable bonds is 57. The van der Waals surface area contributed by atoms with Crippen molar-refractivity contribution in [3.63, 3.8) is 0 Å². The van der Waals surface area contributed by atoms with E-state index in [1.54, 1.807) is 0 Å². The maximum Gasteiger partial charge on any atom is 0.305 e. The molecule has 3 N–H and O–H groups in total. The van der Waals surface area contributed by atoms with Crippen LogP contribution in [0.3, 0.4) is 0 Å². The van der Waals surface area contributed by atoms with Gasteiger partial charge in [0, 0.05) is 12.8 Å². The van der Waals surface area contributed by atoms with Gasteiger partial charge in [-0.3, -0.25) is 9.59 Å². The molecule has 0 aromatic heterocycles. The zero-order chi connectivity index (χ0) is 49.3. The van der Waals surface area contributed by atoms with Crippen molar-refractivity contribution < 1.29 is 24.5 Å². The molecular formula is C62H119NO5. The Kier molecular flexibility index (Phi) is 56.5. The van der Waals surface area contributed by atoms with Crippen molar-refractivity contribution in [3.8, 4) is 0 Å². The molecule has 0 saturated heterocycles. The maximum atomic E-state index is 12.5. The van der Waals surface area contributed by atoms with Crippen molar-refractivity contribution in [1.82, 2.24) is 5.32 Å². The maximum absolute atomic E-state index is 12.5. The second kappa shape index (κ2) is 57.9. The van der Waals surface area contributed by atoms with Crippen LogP contribution in [0.15, 0.2) is 24.3 Å². The summed E-state index contributed by atoms with van der Waals surface area (Å²) < 4.78 is 5.48. The first-order chi connectivity index (χ1) is 33.5. The number of aliphatic hydroxyl groups excluding tert-OH is 2. The average molecular weight is 959 g/mol. The third-order valence-corrected chi connectivity index (χ3v) is 14.2. The molecule has 1 amide bonds. The number of nitrogens with one attached hydrogen (secondary N) is 1. The van der Waals surface area contributed by atoms with E-state index in [2.05, 4.69) is 43.5 Å². The topological polar surface area (TPSA) is 95.9 Å². The number of carbonyl (C=O) groups excluding carboxylic acids is 2. The molecule has 0 heterocycles. The molecule has 0 saturated carbocycles. The Morgan fingerprint density at radius 1 is 0.397 bits per heavy atom. The first kappa shape index (κ1) is 66.3. The highest BCUT2D eigenvalue weighted by Crippen LogP contribution is 2.17. The number of aliphatic hydroxyl groups is 2. The van der Waals surface area contributed by atoms with E-state index in [4.69, 9.17) is 4.74 Å². The third kappa shape index (κ3) is 53.7. The Morgan fingerprint density at radius 2 is 0.691 bits per heavy atom. The van der Waals surface area contributed by atoms with Gasteiger partial charge in [0.1, 0.15) is 0 Å². The highest BCUT2D eigenvalue weighted by atomic mass is 16.5. The summed E-state index contributed by atoms with van der Waals surface area (Å²) in [6.45, 7) is 4.95. The van der Waals surface area contributed by atoms with Crippen molar-refractivity contribution in [2.75, 3.05) is 13.2 Å². The van der Waals surface area contributed by atoms with E-state index in [1.807, 2.05) is 0 Å². The van der Waals surface area contributed by atoms with Gasteiger partial charge < -0.3 is 20.3 Å². The Bertz CT molecular complexity index is 1060.